The summed E-state index contributed by atoms with van der Waals surface area (Å²) in [4.78, 5) is 18.9. The zero-order chi connectivity index (χ0) is 17.4. The van der Waals surface area contributed by atoms with E-state index in [1.165, 1.54) is 12.1 Å². The van der Waals surface area contributed by atoms with Gasteiger partial charge < -0.3 is 10.0 Å². The van der Waals surface area contributed by atoms with Crippen molar-refractivity contribution in [3.8, 4) is 0 Å². The van der Waals surface area contributed by atoms with E-state index in [1.807, 2.05) is 24.3 Å². The molecular weight excluding hydrogens is 319 g/mol. The van der Waals surface area contributed by atoms with Gasteiger partial charge in [0, 0.05) is 24.3 Å². The molecule has 1 aromatic heterocycles. The number of fused-ring (bicyclic) bond motifs is 1. The van der Waals surface area contributed by atoms with Crippen LogP contribution in [0.5, 0.6) is 0 Å². The molecule has 2 aromatic carbocycles. The Kier molecular flexibility index (Phi) is 3.93. The van der Waals surface area contributed by atoms with Gasteiger partial charge in [-0.05, 0) is 29.5 Å². The lowest BCUT2D eigenvalue weighted by atomic mass is 10.0. The molecule has 5 heteroatoms. The maximum Gasteiger partial charge on any atom is 0.256 e. The molecule has 1 N–H and O–H groups in total. The minimum absolute atomic E-state index is 0.199. The molecule has 1 fully saturated rings. The van der Waals surface area contributed by atoms with Crippen molar-refractivity contribution in [3.63, 3.8) is 0 Å². The summed E-state index contributed by atoms with van der Waals surface area (Å²) >= 11 is 0. The van der Waals surface area contributed by atoms with Gasteiger partial charge >= 0.3 is 0 Å². The van der Waals surface area contributed by atoms with Crippen LogP contribution in [0.3, 0.4) is 0 Å². The van der Waals surface area contributed by atoms with Gasteiger partial charge in [-0.2, -0.15) is 0 Å². The number of rotatable bonds is 2. The summed E-state index contributed by atoms with van der Waals surface area (Å²) in [6.07, 6.45) is 3.04. The summed E-state index contributed by atoms with van der Waals surface area (Å²) in [5.41, 5.74) is 1.19. The summed E-state index contributed by atoms with van der Waals surface area (Å²) in [5.74, 6) is -0.548. The molecule has 1 amide bonds. The van der Waals surface area contributed by atoms with Crippen molar-refractivity contribution in [2.45, 2.75) is 18.6 Å². The maximum atomic E-state index is 13.6. The number of aromatic nitrogens is 1. The van der Waals surface area contributed by atoms with E-state index in [9.17, 15) is 14.3 Å². The lowest BCUT2D eigenvalue weighted by Crippen LogP contribution is -2.32. The number of carbonyl (C=O) groups excluding carboxylic acids is 1. The highest BCUT2D eigenvalue weighted by atomic mass is 19.1. The van der Waals surface area contributed by atoms with Crippen molar-refractivity contribution in [3.05, 3.63) is 77.9 Å². The topological polar surface area (TPSA) is 53.4 Å². The SMILES string of the molecule is O=C(c1cncc2ccccc12)N1CC(O)CC1c1cccc(F)c1. The molecule has 4 rings (SSSR count). The Balaban J connectivity index is 1.75. The predicted octanol–water partition coefficient (Wildman–Crippen LogP) is 3.32. The van der Waals surface area contributed by atoms with E-state index < -0.39 is 6.10 Å². The third-order valence-corrected chi connectivity index (χ3v) is 4.67. The number of likely N-dealkylation sites (tertiary alicyclic amines) is 1. The standard InChI is InChI=1S/C20H17FN2O2/c21-15-6-3-5-13(8-15)19-9-16(24)12-23(19)20(25)18-11-22-10-14-4-1-2-7-17(14)18/h1-8,10-11,16,19,24H,9,12H2. The van der Waals surface area contributed by atoms with Gasteiger partial charge in [0.05, 0.1) is 17.7 Å². The Morgan fingerprint density at radius 2 is 2.00 bits per heavy atom. The fourth-order valence-electron chi connectivity index (χ4n) is 3.51. The zero-order valence-electron chi connectivity index (χ0n) is 13.5. The quantitative estimate of drug-likeness (QED) is 0.781. The summed E-state index contributed by atoms with van der Waals surface area (Å²) < 4.78 is 13.6. The number of aliphatic hydroxyl groups is 1. The van der Waals surface area contributed by atoms with Gasteiger partial charge in [0.1, 0.15) is 5.82 Å². The van der Waals surface area contributed by atoms with Crippen LogP contribution in [0.25, 0.3) is 10.8 Å². The molecule has 126 valence electrons. The summed E-state index contributed by atoms with van der Waals surface area (Å²) in [5, 5.41) is 11.8. The third-order valence-electron chi connectivity index (χ3n) is 4.67. The van der Waals surface area contributed by atoms with Crippen LogP contribution in [0, 0.1) is 5.82 Å². The number of hydrogen-bond donors (Lipinski definition) is 1. The highest BCUT2D eigenvalue weighted by molar-refractivity contribution is 6.06. The minimum atomic E-state index is -0.625. The van der Waals surface area contributed by atoms with Crippen molar-refractivity contribution >= 4 is 16.7 Å². The van der Waals surface area contributed by atoms with Crippen LogP contribution in [0.2, 0.25) is 0 Å². The lowest BCUT2D eigenvalue weighted by molar-refractivity contribution is 0.0717. The Morgan fingerprint density at radius 1 is 1.16 bits per heavy atom. The van der Waals surface area contributed by atoms with Gasteiger partial charge in [0.25, 0.3) is 5.91 Å². The predicted molar refractivity (Wildman–Crippen MR) is 92.5 cm³/mol. The van der Waals surface area contributed by atoms with Gasteiger partial charge in [-0.1, -0.05) is 36.4 Å². The average molecular weight is 336 g/mol. The summed E-state index contributed by atoms with van der Waals surface area (Å²) in [6.45, 7) is 0.225. The number of amides is 1. The fraction of sp³-hybridized carbons (Fsp3) is 0.200. The lowest BCUT2D eigenvalue weighted by Gasteiger charge is -2.25. The second kappa shape index (κ2) is 6.26. The van der Waals surface area contributed by atoms with Gasteiger partial charge in [0.2, 0.25) is 0 Å². The number of aliphatic hydroxyl groups excluding tert-OH is 1. The van der Waals surface area contributed by atoms with Crippen LogP contribution in [-0.4, -0.2) is 33.5 Å². The van der Waals surface area contributed by atoms with Crippen LogP contribution in [-0.2, 0) is 0 Å². The number of nitrogens with zero attached hydrogens (tertiary/aromatic N) is 2. The molecule has 2 atom stereocenters. The van der Waals surface area contributed by atoms with Gasteiger partial charge in [-0.25, -0.2) is 4.39 Å². The molecule has 1 aliphatic heterocycles. The fourth-order valence-corrected chi connectivity index (χ4v) is 3.51. The number of carbonyl (C=O) groups is 1. The van der Waals surface area contributed by atoms with E-state index in [2.05, 4.69) is 4.98 Å². The zero-order valence-corrected chi connectivity index (χ0v) is 13.5. The van der Waals surface area contributed by atoms with Gasteiger partial charge in [0.15, 0.2) is 0 Å². The molecule has 25 heavy (non-hydrogen) atoms. The van der Waals surface area contributed by atoms with Crippen molar-refractivity contribution in [2.24, 2.45) is 0 Å². The highest BCUT2D eigenvalue weighted by Gasteiger charge is 2.36. The summed E-state index contributed by atoms with van der Waals surface area (Å²) in [7, 11) is 0. The van der Waals surface area contributed by atoms with E-state index in [-0.39, 0.29) is 24.3 Å². The van der Waals surface area contributed by atoms with Gasteiger partial charge in [-0.15, -0.1) is 0 Å². The monoisotopic (exact) mass is 336 g/mol. The molecule has 2 unspecified atom stereocenters. The molecule has 4 nitrogen and oxygen atoms in total. The van der Waals surface area contributed by atoms with Crippen LogP contribution in [0.1, 0.15) is 28.4 Å². The number of halogens is 1. The smallest absolute Gasteiger partial charge is 0.256 e. The first-order valence-corrected chi connectivity index (χ1v) is 8.21. The number of pyridine rings is 1. The molecular formula is C20H17FN2O2. The second-order valence-corrected chi connectivity index (χ2v) is 6.33. The number of benzene rings is 2. The number of hydrogen-bond acceptors (Lipinski definition) is 3. The van der Waals surface area contributed by atoms with E-state index >= 15 is 0 Å². The van der Waals surface area contributed by atoms with Gasteiger partial charge in [-0.3, -0.25) is 9.78 Å². The Labute approximate surface area is 144 Å². The van der Waals surface area contributed by atoms with E-state index in [4.69, 9.17) is 0 Å². The Morgan fingerprint density at radius 3 is 2.84 bits per heavy atom. The number of β-amino-alcohol motifs (C(OH)–C–C–N with tert-alkyl or cyclic N) is 1. The minimum Gasteiger partial charge on any atom is -0.391 e. The third kappa shape index (κ3) is 2.87. The molecule has 1 saturated heterocycles. The maximum absolute atomic E-state index is 13.6. The van der Waals surface area contributed by atoms with Crippen molar-refractivity contribution in [1.29, 1.82) is 0 Å². The van der Waals surface area contributed by atoms with E-state index in [0.717, 1.165) is 10.8 Å². The second-order valence-electron chi connectivity index (χ2n) is 6.33. The van der Waals surface area contributed by atoms with Crippen LogP contribution < -0.4 is 0 Å². The first kappa shape index (κ1) is 15.7. The van der Waals surface area contributed by atoms with Crippen LogP contribution in [0.15, 0.2) is 60.9 Å². The molecule has 0 bridgehead atoms. The van der Waals surface area contributed by atoms with E-state index in [1.54, 1.807) is 29.4 Å². The van der Waals surface area contributed by atoms with Crippen molar-refractivity contribution < 1.29 is 14.3 Å². The normalized spacial score (nSPS) is 20.2. The van der Waals surface area contributed by atoms with Crippen LogP contribution in [0.4, 0.5) is 4.39 Å². The molecule has 0 radical (unpaired) electrons. The molecule has 1 aliphatic rings. The highest BCUT2D eigenvalue weighted by Crippen LogP contribution is 2.34. The average Bonchev–Trinajstić information content (AvgIpc) is 3.02. The Hall–Kier alpha value is -2.79. The van der Waals surface area contributed by atoms with E-state index in [0.29, 0.717) is 17.5 Å². The molecule has 2 heterocycles. The summed E-state index contributed by atoms with van der Waals surface area (Å²) in [6, 6.07) is 13.4. The first-order chi connectivity index (χ1) is 12.1. The van der Waals surface area contributed by atoms with Crippen molar-refractivity contribution in [1.82, 2.24) is 9.88 Å². The molecule has 0 spiro atoms. The van der Waals surface area contributed by atoms with Crippen LogP contribution >= 0.6 is 0 Å². The first-order valence-electron chi connectivity index (χ1n) is 8.21. The molecule has 3 aromatic rings. The molecule has 0 saturated carbocycles. The largest absolute Gasteiger partial charge is 0.391 e. The Bertz CT molecular complexity index is 938. The van der Waals surface area contributed by atoms with Crippen molar-refractivity contribution in [2.75, 3.05) is 6.54 Å². The molecule has 0 aliphatic carbocycles.